The topological polar surface area (TPSA) is 46.2 Å². The zero-order valence-corrected chi connectivity index (χ0v) is 51.9. The van der Waals surface area contributed by atoms with E-state index in [1.807, 2.05) is 0 Å². The first-order valence-corrected chi connectivity index (χ1v) is 39.6. The first kappa shape index (κ1) is 61.1. The van der Waals surface area contributed by atoms with E-state index < -0.39 is 41.6 Å². The number of hydrogen-bond donors (Lipinski definition) is 0. The van der Waals surface area contributed by atoms with E-state index in [4.69, 9.17) is 22.1 Å². The number of rotatable bonds is 27. The molecule has 0 aliphatic rings. The number of hydrogen-bond acceptors (Lipinski definition) is 5. The lowest BCUT2D eigenvalue weighted by molar-refractivity contribution is 0.0288. The van der Waals surface area contributed by atoms with E-state index in [2.05, 4.69) is 215 Å². The second kappa shape index (κ2) is 24.7. The van der Waals surface area contributed by atoms with Crippen LogP contribution >= 0.6 is 22.6 Å². The molecule has 0 unspecified atom stereocenters. The molecule has 0 rings (SSSR count). The highest BCUT2D eigenvalue weighted by Crippen LogP contribution is 2.44. The summed E-state index contributed by atoms with van der Waals surface area (Å²) >= 11 is 2.35. The summed E-state index contributed by atoms with van der Waals surface area (Å²) in [6, 6.07) is 3.60. The standard InChI is InChI=1S/C49H105IO5Si5/c1-26-41(53-60(27-2,28-3)29-4)33-30-36-44(54-58(22,23)48(12,13)14)40(5)45(55-59(24,25)49(15,16)17)37-31-34-42(51-56(18,19)46(6,7)8)39-43(35-32-38-50)52-57(20,21)47(9,10)11/h31-32,34,38,40-45H,26-30,33,35-37,39H2,1-25H3/b34-31+,38-32+/t40-,41+,42+,43-,44+,45-/m1/s1. The summed E-state index contributed by atoms with van der Waals surface area (Å²) in [6.45, 7) is 59.3. The Bertz CT molecular complexity index is 1260. The lowest BCUT2D eigenvalue weighted by Gasteiger charge is -2.45. The molecule has 60 heavy (non-hydrogen) atoms. The third-order valence-electron chi connectivity index (χ3n) is 15.7. The van der Waals surface area contributed by atoms with Gasteiger partial charge in [-0.05, 0) is 133 Å². The van der Waals surface area contributed by atoms with Crippen LogP contribution in [0.1, 0.15) is 163 Å². The molecule has 0 saturated heterocycles. The van der Waals surface area contributed by atoms with Gasteiger partial charge in [0.15, 0.2) is 41.6 Å². The lowest BCUT2D eigenvalue weighted by Crippen LogP contribution is -2.50. The Balaban J connectivity index is 7.18. The third-order valence-corrected chi connectivity index (χ3v) is 39.0. The molecule has 0 N–H and O–H groups in total. The maximum Gasteiger partial charge on any atom is 0.192 e. The Hall–Kier alpha value is 1.09. The van der Waals surface area contributed by atoms with Crippen molar-refractivity contribution in [2.24, 2.45) is 5.92 Å². The van der Waals surface area contributed by atoms with Crippen molar-refractivity contribution in [2.45, 2.75) is 284 Å². The van der Waals surface area contributed by atoms with Crippen molar-refractivity contribution in [1.29, 1.82) is 0 Å². The van der Waals surface area contributed by atoms with E-state index >= 15 is 0 Å². The molecular formula is C49H105IO5Si5. The Kier molecular flexibility index (Phi) is 25.2. The van der Waals surface area contributed by atoms with Crippen molar-refractivity contribution < 1.29 is 22.1 Å². The van der Waals surface area contributed by atoms with Gasteiger partial charge in [0.1, 0.15) is 0 Å². The molecule has 0 spiro atoms. The first-order chi connectivity index (χ1) is 26.9. The molecule has 0 fully saturated rings. The fourth-order valence-electron chi connectivity index (χ4n) is 6.73. The molecule has 0 aromatic heterocycles. The summed E-state index contributed by atoms with van der Waals surface area (Å²) in [5, 5.41) is 0.450. The molecular weight excluding hydrogens is 936 g/mol. The van der Waals surface area contributed by atoms with E-state index in [9.17, 15) is 0 Å². The van der Waals surface area contributed by atoms with E-state index in [0.717, 1.165) is 44.9 Å². The highest BCUT2D eigenvalue weighted by atomic mass is 127. The molecule has 358 valence electrons. The summed E-state index contributed by atoms with van der Waals surface area (Å²) in [4.78, 5) is 0. The van der Waals surface area contributed by atoms with Gasteiger partial charge in [0.25, 0.3) is 0 Å². The van der Waals surface area contributed by atoms with Gasteiger partial charge in [-0.15, -0.1) is 0 Å². The third kappa shape index (κ3) is 19.5. The summed E-state index contributed by atoms with van der Waals surface area (Å²) in [6.07, 6.45) is 14.5. The van der Waals surface area contributed by atoms with Gasteiger partial charge in [-0.2, -0.15) is 0 Å². The van der Waals surface area contributed by atoms with Crippen molar-refractivity contribution in [2.75, 3.05) is 0 Å². The first-order valence-electron chi connectivity index (χ1n) is 24.2. The van der Waals surface area contributed by atoms with Crippen LogP contribution in [-0.2, 0) is 22.1 Å². The zero-order valence-electron chi connectivity index (χ0n) is 44.8. The lowest BCUT2D eigenvalue weighted by atomic mass is 9.91. The smallest absolute Gasteiger partial charge is 0.192 e. The Labute approximate surface area is 395 Å². The van der Waals surface area contributed by atoms with Gasteiger partial charge >= 0.3 is 0 Å². The van der Waals surface area contributed by atoms with Crippen molar-refractivity contribution in [1.82, 2.24) is 0 Å². The largest absolute Gasteiger partial charge is 0.414 e. The van der Waals surface area contributed by atoms with Crippen LogP contribution in [0.4, 0.5) is 0 Å². The molecule has 0 aromatic rings. The average molecular weight is 1040 g/mol. The Morgan fingerprint density at radius 1 is 0.500 bits per heavy atom. The van der Waals surface area contributed by atoms with Gasteiger partial charge in [-0.3, -0.25) is 0 Å². The van der Waals surface area contributed by atoms with E-state index in [0.29, 0.717) is 6.10 Å². The Morgan fingerprint density at radius 3 is 1.32 bits per heavy atom. The molecule has 0 aromatic carbocycles. The van der Waals surface area contributed by atoms with Crippen molar-refractivity contribution in [3.8, 4) is 0 Å². The summed E-state index contributed by atoms with van der Waals surface area (Å²) in [5.74, 6) is 0.220. The zero-order chi connectivity index (χ0) is 47.4. The quantitative estimate of drug-likeness (QED) is 0.0466. The van der Waals surface area contributed by atoms with Gasteiger partial charge in [-0.25, -0.2) is 0 Å². The highest BCUT2D eigenvalue weighted by Gasteiger charge is 2.45. The van der Waals surface area contributed by atoms with Crippen molar-refractivity contribution >= 4 is 64.2 Å². The van der Waals surface area contributed by atoms with Crippen LogP contribution in [-0.4, -0.2) is 72.1 Å². The molecule has 0 saturated carbocycles. The van der Waals surface area contributed by atoms with Crippen LogP contribution < -0.4 is 0 Å². The number of halogens is 1. The summed E-state index contributed by atoms with van der Waals surface area (Å²) in [5.41, 5.74) is 0. The summed E-state index contributed by atoms with van der Waals surface area (Å²) < 4.78 is 38.7. The van der Waals surface area contributed by atoms with E-state index in [1.54, 1.807) is 0 Å². The van der Waals surface area contributed by atoms with Crippen LogP contribution in [0.2, 0.25) is 90.7 Å². The second-order valence-electron chi connectivity index (χ2n) is 24.4. The average Bonchev–Trinajstić information content (AvgIpc) is 3.08. The molecule has 6 atom stereocenters. The van der Waals surface area contributed by atoms with Gasteiger partial charge in [0.05, 0.1) is 24.4 Å². The molecule has 0 heterocycles. The summed E-state index contributed by atoms with van der Waals surface area (Å²) in [7, 11) is -10.0. The molecule has 5 nitrogen and oxygen atoms in total. The molecule has 0 radical (unpaired) electrons. The van der Waals surface area contributed by atoms with Gasteiger partial charge in [0, 0.05) is 18.4 Å². The normalized spacial score (nSPS) is 18.0. The van der Waals surface area contributed by atoms with Crippen LogP contribution in [0.5, 0.6) is 0 Å². The minimum Gasteiger partial charge on any atom is -0.414 e. The molecule has 0 aliphatic heterocycles. The molecule has 0 amide bonds. The van der Waals surface area contributed by atoms with Crippen LogP contribution in [0, 0.1) is 5.92 Å². The fourth-order valence-corrected chi connectivity index (χ4v) is 15.5. The van der Waals surface area contributed by atoms with Crippen molar-refractivity contribution in [3.05, 3.63) is 22.3 Å². The predicted octanol–water partition coefficient (Wildman–Crippen LogP) is 17.8. The maximum absolute atomic E-state index is 7.52. The van der Waals surface area contributed by atoms with Gasteiger partial charge < -0.3 is 22.1 Å². The molecule has 0 bridgehead atoms. The minimum absolute atomic E-state index is 0.0326. The fraction of sp³-hybridized carbons (Fsp3) is 0.918. The SMILES string of the molecule is CC[C@@H](CCC[C@H](O[Si](C)(C)C(C)(C)C)[C@@H](C)[C@@H](C/C=C/[C@@H](C[C@@H](C/C=C/I)O[Si](C)(C)C(C)(C)C)O[Si](C)(C)C(C)(C)C)O[Si](C)(C)C(C)(C)C)O[Si](CC)(CC)CC. The highest BCUT2D eigenvalue weighted by molar-refractivity contribution is 14.1. The van der Waals surface area contributed by atoms with Gasteiger partial charge in [-0.1, -0.05) is 159 Å². The van der Waals surface area contributed by atoms with E-state index in [1.165, 1.54) is 18.1 Å². The Morgan fingerprint density at radius 2 is 0.917 bits per heavy atom. The minimum atomic E-state index is -2.13. The van der Waals surface area contributed by atoms with Crippen LogP contribution in [0.15, 0.2) is 22.3 Å². The van der Waals surface area contributed by atoms with E-state index in [-0.39, 0.29) is 50.5 Å². The van der Waals surface area contributed by atoms with Crippen LogP contribution in [0.25, 0.3) is 0 Å². The van der Waals surface area contributed by atoms with Crippen molar-refractivity contribution in [3.63, 3.8) is 0 Å². The monoisotopic (exact) mass is 1040 g/mol. The van der Waals surface area contributed by atoms with Crippen LogP contribution in [0.3, 0.4) is 0 Å². The predicted molar refractivity (Wildman–Crippen MR) is 290 cm³/mol. The molecule has 0 aliphatic carbocycles. The van der Waals surface area contributed by atoms with Gasteiger partial charge in [0.2, 0.25) is 0 Å². The molecule has 11 heteroatoms. The second-order valence-corrected chi connectivity index (χ2v) is 48.9. The maximum atomic E-state index is 7.52.